The summed E-state index contributed by atoms with van der Waals surface area (Å²) in [7, 11) is 0. The van der Waals surface area contributed by atoms with Crippen LogP contribution in [0.2, 0.25) is 0 Å². The molecule has 1 atom stereocenters. The lowest BCUT2D eigenvalue weighted by Crippen LogP contribution is -2.53. The Bertz CT molecular complexity index is 1260. The maximum absolute atomic E-state index is 13.5. The highest BCUT2D eigenvalue weighted by atomic mass is 16.6. The van der Waals surface area contributed by atoms with Gasteiger partial charge in [-0.25, -0.2) is 14.7 Å². The first-order chi connectivity index (χ1) is 17.5. The fourth-order valence-electron chi connectivity index (χ4n) is 5.67. The van der Waals surface area contributed by atoms with Gasteiger partial charge in [0.1, 0.15) is 13.1 Å². The second-order valence-corrected chi connectivity index (χ2v) is 11.4. The molecule has 0 bridgehead atoms. The highest BCUT2D eigenvalue weighted by Gasteiger charge is 2.44. The van der Waals surface area contributed by atoms with Crippen molar-refractivity contribution >= 4 is 23.4 Å². The lowest BCUT2D eigenvalue weighted by atomic mass is 9.87. The molecular formula is C27H36N6O4. The standard InChI is InChI=1S/C27H36N6O4/c1-17-24-22(15-27(2,3)31(26(24)36)16-18-7-8-18)32(30-17)19-9-10-20(25(28)35)21(14-19)29-11-5-13-33(37)12-4-6-23(33)34/h9-10,14,18,37H,4-8,11-13,15-16H2,1-3H3,(H2-,28,29,35). The van der Waals surface area contributed by atoms with Gasteiger partial charge < -0.3 is 20.7 Å². The second kappa shape index (κ2) is 9.25. The highest BCUT2D eigenvalue weighted by molar-refractivity contribution is 5.98. The molecule has 5 rings (SSSR count). The number of carbonyl (C=O) groups excluding carboxylic acids is 2. The largest absolute Gasteiger partial charge is 0.859 e. The molecule has 3 heterocycles. The fraction of sp³-hybridized carbons (Fsp3) is 0.556. The Balaban J connectivity index is 1.40. The Morgan fingerprint density at radius 2 is 2.08 bits per heavy atom. The molecule has 3 N–H and O–H groups in total. The zero-order chi connectivity index (χ0) is 26.5. The molecule has 1 aromatic heterocycles. The molecule has 1 aromatic carbocycles. The third-order valence-corrected chi connectivity index (χ3v) is 7.98. The van der Waals surface area contributed by atoms with Crippen molar-refractivity contribution < 1.29 is 24.5 Å². The van der Waals surface area contributed by atoms with Crippen LogP contribution in [0.3, 0.4) is 0 Å². The van der Waals surface area contributed by atoms with Crippen LogP contribution >= 0.6 is 0 Å². The van der Waals surface area contributed by atoms with Crippen LogP contribution in [-0.2, 0) is 11.2 Å². The van der Waals surface area contributed by atoms with Crippen LogP contribution in [0.4, 0.5) is 5.69 Å². The number of quaternary nitrogens is 1. The monoisotopic (exact) mass is 508 g/mol. The number of hydrogen-bond acceptors (Lipinski definition) is 7. The quantitative estimate of drug-likeness (QED) is 0.157. The minimum Gasteiger partial charge on any atom is -0.859 e. The van der Waals surface area contributed by atoms with Crippen LogP contribution in [0.1, 0.15) is 73.3 Å². The van der Waals surface area contributed by atoms with Gasteiger partial charge in [-0.2, -0.15) is 5.10 Å². The van der Waals surface area contributed by atoms with Crippen molar-refractivity contribution in [3.63, 3.8) is 0 Å². The number of aromatic nitrogens is 2. The Morgan fingerprint density at radius 1 is 1.32 bits per heavy atom. The number of nitrogens with one attached hydrogen (secondary N) is 2. The van der Waals surface area contributed by atoms with Crippen LogP contribution in [0.15, 0.2) is 18.2 Å². The molecule has 1 aliphatic carbocycles. The van der Waals surface area contributed by atoms with E-state index in [2.05, 4.69) is 19.2 Å². The molecule has 10 heteroatoms. The minimum absolute atomic E-state index is 0.0238. The zero-order valence-electron chi connectivity index (χ0n) is 21.8. The third kappa shape index (κ3) is 4.75. The molecule has 3 aliphatic rings. The Hall–Kier alpha value is -3.24. The summed E-state index contributed by atoms with van der Waals surface area (Å²) in [5, 5.41) is 38.1. The number of hydrogen-bond donors (Lipinski definition) is 3. The molecule has 37 heavy (non-hydrogen) atoms. The van der Waals surface area contributed by atoms with E-state index in [0.717, 1.165) is 12.2 Å². The van der Waals surface area contributed by atoms with E-state index in [0.29, 0.717) is 73.9 Å². The number of amides is 2. The number of anilines is 1. The summed E-state index contributed by atoms with van der Waals surface area (Å²) in [6, 6.07) is 5.15. The molecule has 2 amide bonds. The van der Waals surface area contributed by atoms with E-state index in [1.54, 1.807) is 22.9 Å². The fourth-order valence-corrected chi connectivity index (χ4v) is 5.67. The summed E-state index contributed by atoms with van der Waals surface area (Å²) in [6.07, 6.45) is 4.62. The summed E-state index contributed by atoms with van der Waals surface area (Å²) in [5.41, 5.74) is 3.28. The van der Waals surface area contributed by atoms with Crippen molar-refractivity contribution in [2.75, 3.05) is 31.5 Å². The molecule has 2 fully saturated rings. The molecule has 1 unspecified atom stereocenters. The normalized spacial score (nSPS) is 22.9. The number of benzene rings is 1. The number of aryl methyl sites for hydroxylation is 1. The minimum atomic E-state index is -0.805. The molecule has 198 valence electrons. The van der Waals surface area contributed by atoms with Gasteiger partial charge in [-0.1, -0.05) is 0 Å². The number of likely N-dealkylation sites (tertiary alicyclic amines) is 1. The summed E-state index contributed by atoms with van der Waals surface area (Å²) in [4.78, 5) is 27.5. The summed E-state index contributed by atoms with van der Waals surface area (Å²) < 4.78 is 1.26. The van der Waals surface area contributed by atoms with Gasteiger partial charge in [-0.15, -0.1) is 4.65 Å². The predicted octanol–water partition coefficient (Wildman–Crippen LogP) is 2.38. The van der Waals surface area contributed by atoms with E-state index in [-0.39, 0.29) is 22.9 Å². The van der Waals surface area contributed by atoms with Crippen LogP contribution in [0.5, 0.6) is 0 Å². The van der Waals surface area contributed by atoms with E-state index < -0.39 is 10.5 Å². The molecule has 2 aliphatic heterocycles. The average Bonchev–Trinajstić information content (AvgIpc) is 3.52. The van der Waals surface area contributed by atoms with Crippen molar-refractivity contribution in [3.05, 3.63) is 40.7 Å². The van der Waals surface area contributed by atoms with E-state index in [4.69, 9.17) is 10.5 Å². The van der Waals surface area contributed by atoms with Gasteiger partial charge in [0.05, 0.1) is 29.1 Å². The van der Waals surface area contributed by atoms with Crippen LogP contribution < -0.4 is 10.4 Å². The SMILES string of the molecule is Cc1nn(-c2ccc(C(=N)[O-])c(NCCC[N+]3(O)CCCC3=O)c2)c2c1C(=O)N(CC1CC1)C(C)(C)C2. The maximum atomic E-state index is 13.5. The summed E-state index contributed by atoms with van der Waals surface area (Å²) in [5.74, 6) is -0.345. The van der Waals surface area contributed by atoms with Gasteiger partial charge in [0.2, 0.25) is 0 Å². The van der Waals surface area contributed by atoms with E-state index in [9.17, 15) is 19.9 Å². The Kier molecular flexibility index (Phi) is 6.35. The molecule has 1 saturated carbocycles. The first-order valence-electron chi connectivity index (χ1n) is 13.2. The molecule has 2 aromatic rings. The first-order valence-corrected chi connectivity index (χ1v) is 13.2. The molecule has 10 nitrogen and oxygen atoms in total. The Morgan fingerprint density at radius 3 is 2.73 bits per heavy atom. The topological polar surface area (TPSA) is 134 Å². The van der Waals surface area contributed by atoms with Crippen molar-refractivity contribution in [1.82, 2.24) is 14.7 Å². The number of nitrogens with zero attached hydrogens (tertiary/aromatic N) is 4. The summed E-state index contributed by atoms with van der Waals surface area (Å²) >= 11 is 0. The van der Waals surface area contributed by atoms with Crippen molar-refractivity contribution in [1.29, 1.82) is 5.41 Å². The van der Waals surface area contributed by atoms with Crippen molar-refractivity contribution in [2.24, 2.45) is 5.92 Å². The van der Waals surface area contributed by atoms with Crippen molar-refractivity contribution in [2.45, 2.75) is 64.8 Å². The maximum Gasteiger partial charge on any atom is 0.345 e. The zero-order valence-corrected chi connectivity index (χ0v) is 21.8. The summed E-state index contributed by atoms with van der Waals surface area (Å²) in [6.45, 7) is 7.99. The van der Waals surface area contributed by atoms with E-state index in [1.807, 2.05) is 11.8 Å². The van der Waals surface area contributed by atoms with Gasteiger partial charge >= 0.3 is 5.91 Å². The smallest absolute Gasteiger partial charge is 0.345 e. The van der Waals surface area contributed by atoms with E-state index in [1.165, 1.54) is 12.8 Å². The van der Waals surface area contributed by atoms with E-state index >= 15 is 0 Å². The predicted molar refractivity (Wildman–Crippen MR) is 136 cm³/mol. The second-order valence-electron chi connectivity index (χ2n) is 11.4. The lowest BCUT2D eigenvalue weighted by molar-refractivity contribution is -1.03. The number of fused-ring (bicyclic) bond motifs is 1. The molecule has 0 radical (unpaired) electrons. The van der Waals surface area contributed by atoms with Crippen LogP contribution in [0, 0.1) is 18.3 Å². The van der Waals surface area contributed by atoms with Gasteiger partial charge in [0.25, 0.3) is 5.91 Å². The molecular weight excluding hydrogens is 472 g/mol. The molecule has 1 saturated heterocycles. The molecule has 0 spiro atoms. The average molecular weight is 509 g/mol. The van der Waals surface area contributed by atoms with Crippen LogP contribution in [0.25, 0.3) is 5.69 Å². The number of hydroxylamine groups is 3. The lowest BCUT2D eigenvalue weighted by Gasteiger charge is -2.42. The number of rotatable bonds is 9. The highest BCUT2D eigenvalue weighted by Crippen LogP contribution is 2.38. The van der Waals surface area contributed by atoms with Gasteiger partial charge in [-0.3, -0.25) is 4.79 Å². The third-order valence-electron chi connectivity index (χ3n) is 7.98. The van der Waals surface area contributed by atoms with Gasteiger partial charge in [-0.05, 0) is 63.6 Å². The number of carbonyl (C=O) groups is 2. The van der Waals surface area contributed by atoms with Crippen molar-refractivity contribution in [3.8, 4) is 5.69 Å². The van der Waals surface area contributed by atoms with Gasteiger partial charge in [0, 0.05) is 49.1 Å². The van der Waals surface area contributed by atoms with Crippen LogP contribution in [-0.4, -0.2) is 74.0 Å². The van der Waals surface area contributed by atoms with Gasteiger partial charge in [0.15, 0.2) is 0 Å². The first kappa shape index (κ1) is 25.4. The Labute approximate surface area is 216 Å².